The van der Waals surface area contributed by atoms with E-state index in [0.29, 0.717) is 24.7 Å². The highest BCUT2D eigenvalue weighted by Crippen LogP contribution is 2.37. The molecule has 0 amide bonds. The van der Waals surface area contributed by atoms with Crippen molar-refractivity contribution in [2.45, 2.75) is 26.6 Å². The lowest BCUT2D eigenvalue weighted by atomic mass is 10.2. The molecule has 0 radical (unpaired) electrons. The highest BCUT2D eigenvalue weighted by Gasteiger charge is 2.12. The number of ether oxygens (including phenoxy) is 2. The molecule has 0 aliphatic rings. The number of imidazole rings is 1. The largest absolute Gasteiger partial charge is 0.493 e. The molecule has 1 aromatic heterocycles. The van der Waals surface area contributed by atoms with Gasteiger partial charge in [0.25, 0.3) is 0 Å². The molecule has 0 atom stereocenters. The number of benzene rings is 1. The fourth-order valence-electron chi connectivity index (χ4n) is 1.93. The highest BCUT2D eigenvalue weighted by atomic mass is 79.9. The first-order chi connectivity index (χ1) is 9.69. The summed E-state index contributed by atoms with van der Waals surface area (Å²) in [4.78, 5) is 4.12. The van der Waals surface area contributed by atoms with Crippen molar-refractivity contribution in [1.29, 1.82) is 0 Å². The molecule has 6 heteroatoms. The summed E-state index contributed by atoms with van der Waals surface area (Å²) < 4.78 is 14.1. The maximum atomic E-state index is 5.87. The second-order valence-corrected chi connectivity index (χ2v) is 5.13. The zero-order chi connectivity index (χ0) is 14.5. The van der Waals surface area contributed by atoms with E-state index in [1.165, 1.54) is 0 Å². The van der Waals surface area contributed by atoms with Crippen LogP contribution in [0.25, 0.3) is 0 Å². The molecule has 0 unspecified atom stereocenters. The molecule has 0 spiro atoms. The second kappa shape index (κ2) is 6.76. The van der Waals surface area contributed by atoms with Crippen LogP contribution in [0.3, 0.4) is 0 Å². The van der Waals surface area contributed by atoms with Crippen molar-refractivity contribution in [3.05, 3.63) is 40.4 Å². The third kappa shape index (κ3) is 3.13. The number of nitrogens with two attached hydrogens (primary N) is 1. The molecule has 108 valence electrons. The van der Waals surface area contributed by atoms with Crippen molar-refractivity contribution in [2.75, 3.05) is 7.11 Å². The van der Waals surface area contributed by atoms with Crippen molar-refractivity contribution in [1.82, 2.24) is 9.55 Å². The first-order valence-electron chi connectivity index (χ1n) is 6.37. The summed E-state index contributed by atoms with van der Waals surface area (Å²) in [6.07, 6.45) is 3.60. The molecule has 2 N–H and O–H groups in total. The molecule has 2 rings (SSSR count). The monoisotopic (exact) mass is 339 g/mol. The smallest absolute Gasteiger partial charge is 0.175 e. The van der Waals surface area contributed by atoms with Gasteiger partial charge in [-0.25, -0.2) is 4.98 Å². The molecular formula is C14H18BrN3O2. The fraction of sp³-hybridized carbons (Fsp3) is 0.357. The number of hydrogen-bond donors (Lipinski definition) is 1. The summed E-state index contributed by atoms with van der Waals surface area (Å²) in [5.41, 5.74) is 7.66. The first-order valence-corrected chi connectivity index (χ1v) is 7.17. The molecule has 20 heavy (non-hydrogen) atoms. The van der Waals surface area contributed by atoms with Gasteiger partial charge in [-0.2, -0.15) is 0 Å². The number of methoxy groups -OCH3 is 1. The van der Waals surface area contributed by atoms with Crippen molar-refractivity contribution in [2.24, 2.45) is 5.73 Å². The van der Waals surface area contributed by atoms with Crippen LogP contribution in [0.15, 0.2) is 29.1 Å². The molecule has 1 aromatic carbocycles. The molecule has 2 aromatic rings. The first kappa shape index (κ1) is 14.9. The van der Waals surface area contributed by atoms with E-state index in [1.807, 2.05) is 16.7 Å². The van der Waals surface area contributed by atoms with Crippen molar-refractivity contribution in [3.8, 4) is 11.5 Å². The number of rotatable bonds is 6. The lowest BCUT2D eigenvalue weighted by Crippen LogP contribution is -2.05. The lowest BCUT2D eigenvalue weighted by Gasteiger charge is -2.14. The Balaban J connectivity index is 2.21. The lowest BCUT2D eigenvalue weighted by molar-refractivity contribution is 0.274. The Bertz CT molecular complexity index is 584. The predicted octanol–water partition coefficient (Wildman–Crippen LogP) is 2.71. The minimum atomic E-state index is 0.435. The van der Waals surface area contributed by atoms with Gasteiger partial charge in [0.15, 0.2) is 11.5 Å². The summed E-state index contributed by atoms with van der Waals surface area (Å²) in [5, 5.41) is 0. The maximum Gasteiger partial charge on any atom is 0.175 e. The number of halogens is 1. The highest BCUT2D eigenvalue weighted by molar-refractivity contribution is 9.10. The van der Waals surface area contributed by atoms with Crippen LogP contribution in [-0.2, 0) is 19.7 Å². The van der Waals surface area contributed by atoms with E-state index in [4.69, 9.17) is 15.2 Å². The third-order valence-corrected chi connectivity index (χ3v) is 3.62. The summed E-state index contributed by atoms with van der Waals surface area (Å²) in [6.45, 7) is 3.82. The Hall–Kier alpha value is -1.53. The van der Waals surface area contributed by atoms with Crippen LogP contribution < -0.4 is 15.2 Å². The zero-order valence-electron chi connectivity index (χ0n) is 11.6. The third-order valence-electron chi connectivity index (χ3n) is 3.03. The maximum absolute atomic E-state index is 5.87. The Morgan fingerprint density at radius 3 is 2.85 bits per heavy atom. The van der Waals surface area contributed by atoms with E-state index in [0.717, 1.165) is 22.3 Å². The van der Waals surface area contributed by atoms with Crippen molar-refractivity contribution in [3.63, 3.8) is 0 Å². The Morgan fingerprint density at radius 2 is 2.20 bits per heavy atom. The van der Waals surface area contributed by atoms with Gasteiger partial charge in [0.05, 0.1) is 29.8 Å². The standard InChI is InChI=1S/C14H18BrN3O2/c1-3-18-9-17-7-11(18)8-20-14-12(15)4-10(6-16)5-13(14)19-2/h4-5,7,9H,3,6,8,16H2,1-2H3. The average molecular weight is 340 g/mol. The van der Waals surface area contributed by atoms with Gasteiger partial charge >= 0.3 is 0 Å². The molecule has 5 nitrogen and oxygen atoms in total. The van der Waals surface area contributed by atoms with Crippen LogP contribution in [0.1, 0.15) is 18.2 Å². The van der Waals surface area contributed by atoms with Crippen LogP contribution in [0, 0.1) is 0 Å². The van der Waals surface area contributed by atoms with Crippen LogP contribution in [-0.4, -0.2) is 16.7 Å². The van der Waals surface area contributed by atoms with Crippen LogP contribution in [0.5, 0.6) is 11.5 Å². The molecule has 0 bridgehead atoms. The fourth-order valence-corrected chi connectivity index (χ4v) is 2.53. The van der Waals surface area contributed by atoms with E-state index < -0.39 is 0 Å². The molecule has 0 fully saturated rings. The molecular weight excluding hydrogens is 322 g/mol. The summed E-state index contributed by atoms with van der Waals surface area (Å²) in [6, 6.07) is 3.83. The van der Waals surface area contributed by atoms with Gasteiger partial charge in [0.1, 0.15) is 6.61 Å². The molecule has 0 aliphatic carbocycles. The molecule has 0 aliphatic heterocycles. The Morgan fingerprint density at radius 1 is 1.40 bits per heavy atom. The summed E-state index contributed by atoms with van der Waals surface area (Å²) in [5.74, 6) is 1.34. The SMILES string of the molecule is CCn1cncc1COc1c(Br)cc(CN)cc1OC. The summed E-state index contributed by atoms with van der Waals surface area (Å²) in [7, 11) is 1.62. The second-order valence-electron chi connectivity index (χ2n) is 4.27. The molecule has 0 saturated heterocycles. The number of aromatic nitrogens is 2. The van der Waals surface area contributed by atoms with Gasteiger partial charge in [-0.05, 0) is 40.5 Å². The molecule has 0 saturated carbocycles. The predicted molar refractivity (Wildman–Crippen MR) is 80.8 cm³/mol. The van der Waals surface area contributed by atoms with E-state index >= 15 is 0 Å². The van der Waals surface area contributed by atoms with Gasteiger partial charge in [-0.3, -0.25) is 0 Å². The van der Waals surface area contributed by atoms with Gasteiger partial charge in [0, 0.05) is 13.1 Å². The number of hydrogen-bond acceptors (Lipinski definition) is 4. The van der Waals surface area contributed by atoms with E-state index in [1.54, 1.807) is 19.6 Å². The number of nitrogens with zero attached hydrogens (tertiary/aromatic N) is 2. The summed E-state index contributed by atoms with van der Waals surface area (Å²) >= 11 is 3.50. The van der Waals surface area contributed by atoms with Crippen LogP contribution in [0.4, 0.5) is 0 Å². The van der Waals surface area contributed by atoms with Gasteiger partial charge in [-0.15, -0.1) is 0 Å². The topological polar surface area (TPSA) is 62.3 Å². The minimum absolute atomic E-state index is 0.435. The Labute approximate surface area is 126 Å². The average Bonchev–Trinajstić information content (AvgIpc) is 2.92. The molecule has 1 heterocycles. The normalized spacial score (nSPS) is 10.6. The van der Waals surface area contributed by atoms with Gasteiger partial charge in [0.2, 0.25) is 0 Å². The van der Waals surface area contributed by atoms with E-state index in [2.05, 4.69) is 27.8 Å². The minimum Gasteiger partial charge on any atom is -0.493 e. The van der Waals surface area contributed by atoms with Gasteiger partial charge in [-0.1, -0.05) is 0 Å². The van der Waals surface area contributed by atoms with Gasteiger partial charge < -0.3 is 19.8 Å². The van der Waals surface area contributed by atoms with Crippen molar-refractivity contribution >= 4 is 15.9 Å². The quantitative estimate of drug-likeness (QED) is 0.878. The van der Waals surface area contributed by atoms with E-state index in [9.17, 15) is 0 Å². The van der Waals surface area contributed by atoms with Crippen LogP contribution in [0.2, 0.25) is 0 Å². The zero-order valence-corrected chi connectivity index (χ0v) is 13.2. The Kier molecular flexibility index (Phi) is 5.03. The van der Waals surface area contributed by atoms with Crippen molar-refractivity contribution < 1.29 is 9.47 Å². The van der Waals surface area contributed by atoms with E-state index in [-0.39, 0.29) is 0 Å². The van der Waals surface area contributed by atoms with Crippen LogP contribution >= 0.6 is 15.9 Å². The number of aryl methyl sites for hydroxylation is 1.